The molecule has 1 aromatic rings. The number of hydrogen-bond donors (Lipinski definition) is 1. The Morgan fingerprint density at radius 2 is 2.33 bits per heavy atom. The summed E-state index contributed by atoms with van der Waals surface area (Å²) < 4.78 is 12.8. The molecule has 0 aliphatic carbocycles. The predicted octanol–water partition coefficient (Wildman–Crippen LogP) is 1.97. The van der Waals surface area contributed by atoms with Crippen LogP contribution in [0.5, 0.6) is 0 Å². The molecular weight excluding hydrogens is 193 g/mol. The van der Waals surface area contributed by atoms with Crippen LogP contribution < -0.4 is 5.32 Å². The molecule has 0 fully saturated rings. The van der Waals surface area contributed by atoms with Crippen LogP contribution in [-0.4, -0.2) is 12.5 Å². The third kappa shape index (κ3) is 3.82. The predicted molar refractivity (Wildman–Crippen MR) is 56.8 cm³/mol. The monoisotopic (exact) mass is 205 g/mol. The summed E-state index contributed by atoms with van der Waals surface area (Å²) in [5, 5.41) is 2.65. The van der Waals surface area contributed by atoms with Gasteiger partial charge in [0.1, 0.15) is 5.82 Å². The molecule has 0 aliphatic heterocycles. The highest BCUT2D eigenvalue weighted by molar-refractivity contribution is 5.94. The number of benzene rings is 1. The summed E-state index contributed by atoms with van der Waals surface area (Å²) in [4.78, 5) is 11.4. The van der Waals surface area contributed by atoms with Gasteiger partial charge in [0, 0.05) is 18.5 Å². The molecule has 0 aromatic heterocycles. The van der Waals surface area contributed by atoms with Gasteiger partial charge in [-0.3, -0.25) is 4.79 Å². The van der Waals surface area contributed by atoms with Gasteiger partial charge in [-0.05, 0) is 25.1 Å². The van der Waals surface area contributed by atoms with Crippen molar-refractivity contribution in [3.8, 4) is 11.8 Å². The fraction of sp³-hybridized carbons (Fsp3) is 0.250. The Bertz CT molecular complexity index is 404. The number of halogens is 1. The van der Waals surface area contributed by atoms with Gasteiger partial charge in [0.2, 0.25) is 0 Å². The minimum absolute atomic E-state index is 0.271. The topological polar surface area (TPSA) is 29.1 Å². The molecule has 0 aliphatic rings. The molecule has 1 amide bonds. The van der Waals surface area contributed by atoms with Crippen molar-refractivity contribution in [1.82, 2.24) is 5.32 Å². The van der Waals surface area contributed by atoms with Gasteiger partial charge in [-0.25, -0.2) is 4.39 Å². The minimum Gasteiger partial charge on any atom is -0.351 e. The molecule has 1 aromatic carbocycles. The molecule has 78 valence electrons. The summed E-state index contributed by atoms with van der Waals surface area (Å²) in [6, 6.07) is 5.60. The van der Waals surface area contributed by atoms with Crippen LogP contribution >= 0.6 is 0 Å². The highest BCUT2D eigenvalue weighted by atomic mass is 19.1. The van der Waals surface area contributed by atoms with Crippen molar-refractivity contribution >= 4 is 5.91 Å². The average Bonchev–Trinajstić information content (AvgIpc) is 2.24. The maximum absolute atomic E-state index is 12.8. The summed E-state index contributed by atoms with van der Waals surface area (Å²) in [6.45, 7) is 2.23. The van der Waals surface area contributed by atoms with Gasteiger partial charge in [-0.15, -0.1) is 11.8 Å². The van der Waals surface area contributed by atoms with Crippen LogP contribution in [0.15, 0.2) is 24.3 Å². The SMILES string of the molecule is CC#CCCNC(=O)c1cccc(F)c1. The Morgan fingerprint density at radius 1 is 1.53 bits per heavy atom. The molecule has 1 N–H and O–H groups in total. The van der Waals surface area contributed by atoms with Crippen LogP contribution in [0.4, 0.5) is 4.39 Å². The van der Waals surface area contributed by atoms with Gasteiger partial charge in [0.25, 0.3) is 5.91 Å². The van der Waals surface area contributed by atoms with Crippen LogP contribution in [0, 0.1) is 17.7 Å². The highest BCUT2D eigenvalue weighted by Gasteiger charge is 2.04. The van der Waals surface area contributed by atoms with E-state index in [1.807, 2.05) is 0 Å². The second kappa shape index (κ2) is 5.82. The van der Waals surface area contributed by atoms with E-state index >= 15 is 0 Å². The normalized spacial score (nSPS) is 8.93. The zero-order valence-electron chi connectivity index (χ0n) is 8.51. The summed E-state index contributed by atoms with van der Waals surface area (Å²) in [5.41, 5.74) is 0.333. The molecule has 0 heterocycles. The van der Waals surface area contributed by atoms with Crippen molar-refractivity contribution in [2.45, 2.75) is 13.3 Å². The lowest BCUT2D eigenvalue weighted by atomic mass is 10.2. The largest absolute Gasteiger partial charge is 0.351 e. The van der Waals surface area contributed by atoms with Gasteiger partial charge in [0.15, 0.2) is 0 Å². The van der Waals surface area contributed by atoms with Crippen LogP contribution in [0.2, 0.25) is 0 Å². The molecule has 0 spiro atoms. The first-order valence-corrected chi connectivity index (χ1v) is 4.67. The molecule has 15 heavy (non-hydrogen) atoms. The van der Waals surface area contributed by atoms with E-state index in [1.54, 1.807) is 13.0 Å². The van der Waals surface area contributed by atoms with E-state index in [4.69, 9.17) is 0 Å². The lowest BCUT2D eigenvalue weighted by molar-refractivity contribution is 0.0954. The second-order valence-corrected chi connectivity index (χ2v) is 2.94. The Morgan fingerprint density at radius 3 is 3.00 bits per heavy atom. The Labute approximate surface area is 88.5 Å². The van der Waals surface area contributed by atoms with Crippen molar-refractivity contribution in [3.05, 3.63) is 35.6 Å². The highest BCUT2D eigenvalue weighted by Crippen LogP contribution is 2.02. The molecule has 0 bridgehead atoms. The number of hydrogen-bond acceptors (Lipinski definition) is 1. The minimum atomic E-state index is -0.406. The van der Waals surface area contributed by atoms with Crippen molar-refractivity contribution in [2.75, 3.05) is 6.54 Å². The maximum Gasteiger partial charge on any atom is 0.251 e. The third-order valence-corrected chi connectivity index (χ3v) is 1.80. The van der Waals surface area contributed by atoms with Crippen LogP contribution in [0.1, 0.15) is 23.7 Å². The van der Waals surface area contributed by atoms with E-state index in [0.29, 0.717) is 18.5 Å². The number of amides is 1. The Kier molecular flexibility index (Phi) is 4.36. The van der Waals surface area contributed by atoms with Crippen molar-refractivity contribution in [1.29, 1.82) is 0 Å². The third-order valence-electron chi connectivity index (χ3n) is 1.80. The van der Waals surface area contributed by atoms with Crippen molar-refractivity contribution in [3.63, 3.8) is 0 Å². The lowest BCUT2D eigenvalue weighted by Crippen LogP contribution is -2.24. The summed E-state index contributed by atoms with van der Waals surface area (Å²) >= 11 is 0. The quantitative estimate of drug-likeness (QED) is 0.593. The Hall–Kier alpha value is -1.82. The molecule has 1 rings (SSSR count). The van der Waals surface area contributed by atoms with Crippen LogP contribution in [0.25, 0.3) is 0 Å². The Balaban J connectivity index is 2.49. The summed E-state index contributed by atoms with van der Waals surface area (Å²) in [7, 11) is 0. The van der Waals surface area contributed by atoms with Gasteiger partial charge in [0.05, 0.1) is 0 Å². The lowest BCUT2D eigenvalue weighted by Gasteiger charge is -2.02. The van der Waals surface area contributed by atoms with Gasteiger partial charge in [-0.1, -0.05) is 6.07 Å². The van der Waals surface area contributed by atoms with Crippen LogP contribution in [-0.2, 0) is 0 Å². The fourth-order valence-corrected chi connectivity index (χ4v) is 1.10. The number of nitrogens with one attached hydrogen (secondary N) is 1. The molecule has 0 saturated heterocycles. The van der Waals surface area contributed by atoms with E-state index in [-0.39, 0.29) is 5.91 Å². The standard InChI is InChI=1S/C12H12FNO/c1-2-3-4-8-14-12(15)10-6-5-7-11(13)9-10/h5-7,9H,4,8H2,1H3,(H,14,15). The molecule has 0 atom stereocenters. The fourth-order valence-electron chi connectivity index (χ4n) is 1.10. The molecule has 0 radical (unpaired) electrons. The van der Waals surface area contributed by atoms with E-state index in [1.165, 1.54) is 18.2 Å². The summed E-state index contributed by atoms with van der Waals surface area (Å²) in [6.07, 6.45) is 0.609. The van der Waals surface area contributed by atoms with Gasteiger partial charge < -0.3 is 5.32 Å². The van der Waals surface area contributed by atoms with Gasteiger partial charge >= 0.3 is 0 Å². The maximum atomic E-state index is 12.8. The number of rotatable bonds is 3. The van der Waals surface area contributed by atoms with Crippen molar-refractivity contribution < 1.29 is 9.18 Å². The first-order chi connectivity index (χ1) is 7.24. The smallest absolute Gasteiger partial charge is 0.251 e. The number of carbonyl (C=O) groups is 1. The molecule has 0 unspecified atom stereocenters. The average molecular weight is 205 g/mol. The van der Waals surface area contributed by atoms with E-state index in [0.717, 1.165) is 0 Å². The summed E-state index contributed by atoms with van der Waals surface area (Å²) in [5.74, 6) is 4.88. The van der Waals surface area contributed by atoms with Gasteiger partial charge in [-0.2, -0.15) is 0 Å². The zero-order valence-corrected chi connectivity index (χ0v) is 8.51. The zero-order chi connectivity index (χ0) is 11.1. The molecular formula is C12H12FNO. The molecule has 3 heteroatoms. The van der Waals surface area contributed by atoms with E-state index in [2.05, 4.69) is 17.2 Å². The van der Waals surface area contributed by atoms with E-state index < -0.39 is 5.82 Å². The molecule has 0 saturated carbocycles. The first kappa shape index (κ1) is 11.3. The van der Waals surface area contributed by atoms with Crippen LogP contribution in [0.3, 0.4) is 0 Å². The number of carbonyl (C=O) groups excluding carboxylic acids is 1. The molecule has 2 nitrogen and oxygen atoms in total. The van der Waals surface area contributed by atoms with Crippen molar-refractivity contribution in [2.24, 2.45) is 0 Å². The second-order valence-electron chi connectivity index (χ2n) is 2.94. The van der Waals surface area contributed by atoms with E-state index in [9.17, 15) is 9.18 Å². The first-order valence-electron chi connectivity index (χ1n) is 4.67.